The Kier molecular flexibility index (Phi) is 6.24. The number of thiazole rings is 1. The summed E-state index contributed by atoms with van der Waals surface area (Å²) in [4.78, 5) is 52.0. The summed E-state index contributed by atoms with van der Waals surface area (Å²) in [6.07, 6.45) is -0.751. The Morgan fingerprint density at radius 2 is 2.07 bits per heavy atom. The van der Waals surface area contributed by atoms with Crippen molar-refractivity contribution >= 4 is 40.6 Å². The molecular weight excluding hydrogens is 402 g/mol. The van der Waals surface area contributed by atoms with Gasteiger partial charge in [-0.1, -0.05) is 30.3 Å². The number of amides is 5. The lowest BCUT2D eigenvalue weighted by molar-refractivity contribution is -0.139. The summed E-state index contributed by atoms with van der Waals surface area (Å²) in [5.41, 5.74) is 0.816. The Morgan fingerprint density at radius 1 is 1.31 bits per heavy atom. The van der Waals surface area contributed by atoms with E-state index >= 15 is 0 Å². The van der Waals surface area contributed by atoms with Gasteiger partial charge in [-0.2, -0.15) is 0 Å². The molecule has 1 aromatic heterocycles. The first-order chi connectivity index (χ1) is 13.9. The van der Waals surface area contributed by atoms with Crippen LogP contribution in [0.2, 0.25) is 0 Å². The number of hydrogen-bond donors (Lipinski definition) is 4. The first-order valence-corrected chi connectivity index (χ1v) is 9.34. The third kappa shape index (κ3) is 5.19. The zero-order valence-corrected chi connectivity index (χ0v) is 15.8. The minimum absolute atomic E-state index is 0.00816. The minimum Gasteiger partial charge on any atom is -0.479 e. The van der Waals surface area contributed by atoms with Crippen molar-refractivity contribution in [3.63, 3.8) is 0 Å². The summed E-state index contributed by atoms with van der Waals surface area (Å²) in [6, 6.07) is 6.14. The van der Waals surface area contributed by atoms with Crippen molar-refractivity contribution in [2.45, 2.75) is 12.6 Å². The Balaban J connectivity index is 1.58. The van der Waals surface area contributed by atoms with Crippen LogP contribution in [0.15, 0.2) is 35.7 Å². The molecule has 0 radical (unpaired) electrons. The predicted octanol–water partition coefficient (Wildman–Crippen LogP) is 1.75. The topological polar surface area (TPSA) is 150 Å². The maximum absolute atomic E-state index is 12.1. The van der Waals surface area contributed by atoms with Gasteiger partial charge in [-0.25, -0.2) is 29.1 Å². The fourth-order valence-corrected chi connectivity index (χ4v) is 3.17. The third-order valence-electron chi connectivity index (χ3n) is 3.86. The van der Waals surface area contributed by atoms with Crippen LogP contribution in [0.1, 0.15) is 17.3 Å². The summed E-state index contributed by atoms with van der Waals surface area (Å²) in [5.74, 6) is -1.36. The molecule has 0 saturated carbocycles. The lowest BCUT2D eigenvalue weighted by Gasteiger charge is -2.17. The summed E-state index contributed by atoms with van der Waals surface area (Å²) < 4.78 is 5.07. The molecule has 1 fully saturated rings. The molecular formula is C17H17N5O6S. The summed E-state index contributed by atoms with van der Waals surface area (Å²) in [5, 5.41) is 18.0. The van der Waals surface area contributed by atoms with Crippen molar-refractivity contribution in [3.8, 4) is 0 Å². The van der Waals surface area contributed by atoms with Gasteiger partial charge in [-0.3, -0.25) is 5.32 Å². The summed E-state index contributed by atoms with van der Waals surface area (Å²) >= 11 is 0.975. The number of urea groups is 2. The molecule has 152 valence electrons. The normalized spacial score (nSPS) is 14.1. The van der Waals surface area contributed by atoms with Crippen LogP contribution >= 0.6 is 11.3 Å². The number of benzene rings is 1. The Morgan fingerprint density at radius 3 is 2.72 bits per heavy atom. The third-order valence-corrected chi connectivity index (χ3v) is 4.63. The molecule has 29 heavy (non-hydrogen) atoms. The van der Waals surface area contributed by atoms with Crippen molar-refractivity contribution in [1.82, 2.24) is 20.5 Å². The van der Waals surface area contributed by atoms with Gasteiger partial charge >= 0.3 is 24.1 Å². The number of hydrogen-bond acceptors (Lipinski definition) is 7. The van der Waals surface area contributed by atoms with E-state index in [1.165, 1.54) is 5.38 Å². The molecule has 2 heterocycles. The Bertz CT molecular complexity index is 918. The van der Waals surface area contributed by atoms with Crippen molar-refractivity contribution < 1.29 is 29.0 Å². The van der Waals surface area contributed by atoms with Crippen LogP contribution in [0, 0.1) is 0 Å². The molecule has 0 aliphatic carbocycles. The molecule has 4 N–H and O–H groups in total. The number of aliphatic carboxylic acids is 1. The van der Waals surface area contributed by atoms with Crippen molar-refractivity contribution in [2.75, 3.05) is 18.4 Å². The molecule has 1 aliphatic heterocycles. The number of carboxylic acids is 1. The molecule has 1 aliphatic rings. The van der Waals surface area contributed by atoms with Crippen LogP contribution in [0.25, 0.3) is 0 Å². The monoisotopic (exact) mass is 419 g/mol. The maximum atomic E-state index is 12.1. The number of carbonyl (C=O) groups excluding carboxylic acids is 3. The van der Waals surface area contributed by atoms with Gasteiger partial charge in [-0.15, -0.1) is 11.3 Å². The Labute approximate surface area is 168 Å². The molecule has 0 bridgehead atoms. The van der Waals surface area contributed by atoms with Gasteiger partial charge in [0.1, 0.15) is 6.61 Å². The van der Waals surface area contributed by atoms with Crippen LogP contribution in [0.4, 0.5) is 19.5 Å². The van der Waals surface area contributed by atoms with Crippen molar-refractivity contribution in [3.05, 3.63) is 47.0 Å². The number of carbonyl (C=O) groups is 4. The molecule has 1 unspecified atom stereocenters. The lowest BCUT2D eigenvalue weighted by Crippen LogP contribution is -2.45. The van der Waals surface area contributed by atoms with E-state index in [1.807, 2.05) is 18.2 Å². The van der Waals surface area contributed by atoms with E-state index in [2.05, 4.69) is 20.9 Å². The molecule has 0 spiro atoms. The quantitative estimate of drug-likeness (QED) is 0.557. The number of carboxylic acid groups (broad SMARTS) is 1. The van der Waals surface area contributed by atoms with Crippen molar-refractivity contribution in [2.24, 2.45) is 0 Å². The van der Waals surface area contributed by atoms with Gasteiger partial charge in [0.05, 0.1) is 5.69 Å². The van der Waals surface area contributed by atoms with Gasteiger partial charge in [0.15, 0.2) is 11.2 Å². The largest absolute Gasteiger partial charge is 0.479 e. The highest BCUT2D eigenvalue weighted by atomic mass is 32.1. The molecule has 1 atom stereocenters. The summed E-state index contributed by atoms with van der Waals surface area (Å²) in [7, 11) is 0. The van der Waals surface area contributed by atoms with E-state index < -0.39 is 30.2 Å². The van der Waals surface area contributed by atoms with Crippen molar-refractivity contribution in [1.29, 1.82) is 0 Å². The maximum Gasteiger partial charge on any atom is 0.413 e. The van der Waals surface area contributed by atoms with E-state index in [9.17, 15) is 24.3 Å². The highest BCUT2D eigenvalue weighted by Gasteiger charge is 2.31. The fraction of sp³-hybridized carbons (Fsp3) is 0.235. The molecule has 2 aromatic rings. The average Bonchev–Trinajstić information content (AvgIpc) is 3.34. The number of nitrogens with zero attached hydrogens (tertiary/aromatic N) is 2. The highest BCUT2D eigenvalue weighted by molar-refractivity contribution is 7.13. The smallest absolute Gasteiger partial charge is 0.413 e. The number of rotatable bonds is 6. The first kappa shape index (κ1) is 20.1. The number of anilines is 1. The standard InChI is InChI=1S/C17H17N5O6S/c23-13(24)12(20-16(26)22-7-6-18-15(22)25)11-9-29-14(19-11)21-17(27)28-8-10-4-2-1-3-5-10/h1-5,9,12H,6-8H2,(H,18,25)(H,20,26)(H,23,24)(H,19,21,27). The van der Waals surface area contributed by atoms with E-state index in [0.717, 1.165) is 21.8 Å². The number of nitrogens with one attached hydrogen (secondary N) is 3. The van der Waals surface area contributed by atoms with Crippen LogP contribution in [-0.4, -0.2) is 52.2 Å². The number of aromatic nitrogens is 1. The molecule has 3 rings (SSSR count). The van der Waals surface area contributed by atoms with E-state index in [0.29, 0.717) is 6.54 Å². The minimum atomic E-state index is -1.48. The van der Waals surface area contributed by atoms with Crippen LogP contribution < -0.4 is 16.0 Å². The predicted molar refractivity (Wildman–Crippen MR) is 101 cm³/mol. The van der Waals surface area contributed by atoms with Gasteiger partial charge in [0, 0.05) is 18.5 Å². The molecule has 5 amide bonds. The molecule has 12 heteroatoms. The van der Waals surface area contributed by atoms with Gasteiger partial charge in [0.25, 0.3) is 0 Å². The Hall–Kier alpha value is -3.67. The molecule has 1 saturated heterocycles. The van der Waals surface area contributed by atoms with Gasteiger partial charge < -0.3 is 20.5 Å². The highest BCUT2D eigenvalue weighted by Crippen LogP contribution is 2.22. The SMILES string of the molecule is O=C(Nc1nc(C(NC(=O)N2CCNC2=O)C(=O)O)cs1)OCc1ccccc1. The second kappa shape index (κ2) is 9.01. The first-order valence-electron chi connectivity index (χ1n) is 8.46. The van der Waals surface area contributed by atoms with Crippen LogP contribution in [0.5, 0.6) is 0 Å². The van der Waals surface area contributed by atoms with E-state index in [4.69, 9.17) is 4.74 Å². The van der Waals surface area contributed by atoms with Gasteiger partial charge in [-0.05, 0) is 5.56 Å². The van der Waals surface area contributed by atoms with E-state index in [1.54, 1.807) is 12.1 Å². The second-order valence-corrected chi connectivity index (χ2v) is 6.73. The summed E-state index contributed by atoms with van der Waals surface area (Å²) in [6.45, 7) is 0.491. The molecule has 11 nitrogen and oxygen atoms in total. The zero-order valence-electron chi connectivity index (χ0n) is 15.0. The average molecular weight is 419 g/mol. The zero-order chi connectivity index (χ0) is 20.8. The fourth-order valence-electron chi connectivity index (χ4n) is 2.45. The number of imide groups is 1. The second-order valence-electron chi connectivity index (χ2n) is 5.87. The van der Waals surface area contributed by atoms with Crippen LogP contribution in [-0.2, 0) is 16.1 Å². The van der Waals surface area contributed by atoms with Gasteiger partial charge in [0.2, 0.25) is 0 Å². The molecule has 1 aromatic carbocycles. The number of ether oxygens (including phenoxy) is 1. The lowest BCUT2D eigenvalue weighted by atomic mass is 10.2. The van der Waals surface area contributed by atoms with E-state index in [-0.39, 0.29) is 24.0 Å². The van der Waals surface area contributed by atoms with Crippen LogP contribution in [0.3, 0.4) is 0 Å².